The van der Waals surface area contributed by atoms with Gasteiger partial charge in [0, 0.05) is 9.26 Å². The summed E-state index contributed by atoms with van der Waals surface area (Å²) in [5, 5.41) is 5.51. The van der Waals surface area contributed by atoms with Crippen molar-refractivity contribution in [2.24, 2.45) is 0 Å². The van der Waals surface area contributed by atoms with Crippen LogP contribution in [0.4, 0.5) is 10.5 Å². The lowest BCUT2D eigenvalue weighted by atomic mass is 10.3. The van der Waals surface area contributed by atoms with Crippen LogP contribution >= 0.6 is 34.8 Å². The molecule has 0 saturated heterocycles. The van der Waals surface area contributed by atoms with E-state index in [1.807, 2.05) is 24.3 Å². The molecule has 0 saturated carbocycles. The van der Waals surface area contributed by atoms with Gasteiger partial charge in [-0.3, -0.25) is 5.32 Å². The van der Waals surface area contributed by atoms with Gasteiger partial charge in [0.1, 0.15) is 0 Å². The summed E-state index contributed by atoms with van der Waals surface area (Å²) in [7, 11) is 0. The van der Waals surface area contributed by atoms with E-state index in [0.29, 0.717) is 6.61 Å². The number of amides is 1. The smallest absolute Gasteiger partial charge is 0.413 e. The molecule has 0 heterocycles. The van der Waals surface area contributed by atoms with Gasteiger partial charge in [-0.2, -0.15) is 0 Å². The number of carbonyl (C=O) groups excluding carboxylic acids is 1. The second kappa shape index (κ2) is 6.64. The van der Waals surface area contributed by atoms with Crippen molar-refractivity contribution in [2.75, 3.05) is 11.9 Å². The second-order valence-electron chi connectivity index (χ2n) is 2.81. The number of benzene rings is 1. The number of rotatable bonds is 2. The first-order valence-electron chi connectivity index (χ1n) is 4.62. The van der Waals surface area contributed by atoms with Crippen LogP contribution in [0, 0.1) is 3.57 Å². The number of anilines is 1. The lowest BCUT2D eigenvalue weighted by Gasteiger charge is -2.09. The number of hydrogen-bond acceptors (Lipinski definition) is 3. The van der Waals surface area contributed by atoms with Crippen LogP contribution in [0.1, 0.15) is 6.92 Å². The first-order valence-corrected chi connectivity index (χ1v) is 6.11. The van der Waals surface area contributed by atoms with Crippen molar-refractivity contribution < 1.29 is 9.53 Å². The Kier molecular flexibility index (Phi) is 5.47. The van der Waals surface area contributed by atoms with Crippen molar-refractivity contribution in [3.8, 4) is 0 Å². The van der Waals surface area contributed by atoms with Crippen LogP contribution in [0.5, 0.6) is 0 Å². The zero-order valence-electron chi connectivity index (χ0n) is 8.62. The van der Waals surface area contributed by atoms with Gasteiger partial charge in [-0.15, -0.1) is 0 Å². The van der Waals surface area contributed by atoms with Crippen LogP contribution in [0.25, 0.3) is 0 Å². The van der Waals surface area contributed by atoms with Crippen molar-refractivity contribution in [1.29, 1.82) is 0 Å². The zero-order chi connectivity index (χ0) is 12.0. The van der Waals surface area contributed by atoms with Crippen LogP contribution in [0.15, 0.2) is 24.3 Å². The molecule has 1 aromatic rings. The normalized spacial score (nSPS) is 9.38. The maximum absolute atomic E-state index is 11.0. The van der Waals surface area contributed by atoms with E-state index in [-0.39, 0.29) is 5.11 Å². The van der Waals surface area contributed by atoms with Gasteiger partial charge >= 0.3 is 6.09 Å². The SMILES string of the molecule is CCOC(=O)NC(=S)Nc1cccc(I)c1. The third kappa shape index (κ3) is 4.75. The number of nitrogens with one attached hydrogen (secondary N) is 2. The van der Waals surface area contributed by atoms with Gasteiger partial charge < -0.3 is 10.1 Å². The maximum atomic E-state index is 11.0. The summed E-state index contributed by atoms with van der Waals surface area (Å²) in [4.78, 5) is 11.0. The number of hydrogen-bond donors (Lipinski definition) is 2. The molecule has 0 spiro atoms. The van der Waals surface area contributed by atoms with Gasteiger partial charge in [0.15, 0.2) is 5.11 Å². The molecule has 1 aromatic carbocycles. The molecule has 0 aliphatic heterocycles. The van der Waals surface area contributed by atoms with Crippen LogP contribution in [-0.4, -0.2) is 17.8 Å². The summed E-state index contributed by atoms with van der Waals surface area (Å²) in [6, 6.07) is 7.64. The Bertz CT molecular complexity index is 398. The molecule has 1 amide bonds. The highest BCUT2D eigenvalue weighted by Crippen LogP contribution is 2.11. The number of halogens is 1. The molecule has 0 radical (unpaired) electrons. The first-order chi connectivity index (χ1) is 7.61. The molecular formula is C10H11IN2O2S. The minimum absolute atomic E-state index is 0.223. The fourth-order valence-corrected chi connectivity index (χ4v) is 1.73. The Labute approximate surface area is 113 Å². The quantitative estimate of drug-likeness (QED) is 0.636. The minimum atomic E-state index is -0.550. The lowest BCUT2D eigenvalue weighted by molar-refractivity contribution is 0.158. The molecular weight excluding hydrogens is 339 g/mol. The second-order valence-corrected chi connectivity index (χ2v) is 4.46. The minimum Gasteiger partial charge on any atom is -0.450 e. The van der Waals surface area contributed by atoms with Gasteiger partial charge in [-0.05, 0) is 59.9 Å². The van der Waals surface area contributed by atoms with E-state index in [4.69, 9.17) is 17.0 Å². The molecule has 86 valence electrons. The van der Waals surface area contributed by atoms with Crippen molar-refractivity contribution in [2.45, 2.75) is 6.92 Å². The van der Waals surface area contributed by atoms with Gasteiger partial charge in [-0.25, -0.2) is 4.79 Å². The molecule has 0 aromatic heterocycles. The number of thiocarbonyl (C=S) groups is 1. The molecule has 0 fully saturated rings. The third-order valence-corrected chi connectivity index (χ3v) is 2.45. The highest BCUT2D eigenvalue weighted by Gasteiger charge is 2.04. The molecule has 16 heavy (non-hydrogen) atoms. The van der Waals surface area contributed by atoms with E-state index >= 15 is 0 Å². The maximum Gasteiger partial charge on any atom is 0.413 e. The Morgan fingerprint density at radius 2 is 2.31 bits per heavy atom. The van der Waals surface area contributed by atoms with Crippen molar-refractivity contribution >= 4 is 51.7 Å². The van der Waals surface area contributed by atoms with E-state index in [2.05, 4.69) is 33.2 Å². The van der Waals surface area contributed by atoms with Gasteiger partial charge in [-0.1, -0.05) is 6.07 Å². The predicted molar refractivity (Wildman–Crippen MR) is 75.5 cm³/mol. The van der Waals surface area contributed by atoms with Crippen LogP contribution in [-0.2, 0) is 4.74 Å². The zero-order valence-corrected chi connectivity index (χ0v) is 11.6. The highest BCUT2D eigenvalue weighted by atomic mass is 127. The summed E-state index contributed by atoms with van der Waals surface area (Å²) in [6.45, 7) is 2.05. The largest absolute Gasteiger partial charge is 0.450 e. The fourth-order valence-electron chi connectivity index (χ4n) is 0.988. The Hall–Kier alpha value is -0.890. The Balaban J connectivity index is 2.48. The molecule has 0 bridgehead atoms. The van der Waals surface area contributed by atoms with Crippen LogP contribution < -0.4 is 10.6 Å². The monoisotopic (exact) mass is 350 g/mol. The summed E-state index contributed by atoms with van der Waals surface area (Å²) in [5.41, 5.74) is 0.827. The van der Waals surface area contributed by atoms with E-state index < -0.39 is 6.09 Å². The number of carbonyl (C=O) groups is 1. The molecule has 0 aliphatic carbocycles. The molecule has 0 atom stereocenters. The van der Waals surface area contributed by atoms with E-state index in [1.54, 1.807) is 6.92 Å². The van der Waals surface area contributed by atoms with E-state index in [0.717, 1.165) is 9.26 Å². The van der Waals surface area contributed by atoms with Gasteiger partial charge in [0.2, 0.25) is 0 Å². The molecule has 0 unspecified atom stereocenters. The van der Waals surface area contributed by atoms with Crippen molar-refractivity contribution in [3.05, 3.63) is 27.8 Å². The summed E-state index contributed by atoms with van der Waals surface area (Å²) in [6.07, 6.45) is -0.550. The summed E-state index contributed by atoms with van der Waals surface area (Å²) < 4.78 is 5.78. The van der Waals surface area contributed by atoms with E-state index in [9.17, 15) is 4.79 Å². The molecule has 6 heteroatoms. The highest BCUT2D eigenvalue weighted by molar-refractivity contribution is 14.1. The molecule has 1 rings (SSSR count). The number of alkyl carbamates (subject to hydrolysis) is 1. The fraction of sp³-hybridized carbons (Fsp3) is 0.200. The average Bonchev–Trinajstić information content (AvgIpc) is 2.17. The van der Waals surface area contributed by atoms with Crippen LogP contribution in [0.3, 0.4) is 0 Å². The lowest BCUT2D eigenvalue weighted by Crippen LogP contribution is -2.34. The van der Waals surface area contributed by atoms with Gasteiger partial charge in [0.25, 0.3) is 0 Å². The molecule has 4 nitrogen and oxygen atoms in total. The molecule has 0 aliphatic rings. The predicted octanol–water partition coefficient (Wildman–Crippen LogP) is 2.73. The van der Waals surface area contributed by atoms with Crippen molar-refractivity contribution in [1.82, 2.24) is 5.32 Å². The van der Waals surface area contributed by atoms with Crippen LogP contribution in [0.2, 0.25) is 0 Å². The average molecular weight is 350 g/mol. The summed E-state index contributed by atoms with van der Waals surface area (Å²) in [5.74, 6) is 0. The Morgan fingerprint density at radius 1 is 1.56 bits per heavy atom. The first kappa shape index (κ1) is 13.2. The topological polar surface area (TPSA) is 50.4 Å². The molecule has 2 N–H and O–H groups in total. The Morgan fingerprint density at radius 3 is 2.94 bits per heavy atom. The standard InChI is InChI=1S/C10H11IN2O2S/c1-2-15-10(14)13-9(16)12-8-5-3-4-7(11)6-8/h3-6H,2H2,1H3,(H2,12,13,14,16). The summed E-state index contributed by atoms with van der Waals surface area (Å²) >= 11 is 7.14. The van der Waals surface area contributed by atoms with Gasteiger partial charge in [0.05, 0.1) is 6.61 Å². The van der Waals surface area contributed by atoms with E-state index in [1.165, 1.54) is 0 Å². The third-order valence-electron chi connectivity index (χ3n) is 1.57. The number of ether oxygens (including phenoxy) is 1. The van der Waals surface area contributed by atoms with Crippen molar-refractivity contribution in [3.63, 3.8) is 0 Å².